The number of aliphatic hydroxyl groups excluding tert-OH is 3. The molecule has 0 amide bonds. The van der Waals surface area contributed by atoms with Crippen LogP contribution in [0.25, 0.3) is 10.8 Å². The molecule has 1 aliphatic rings. The predicted molar refractivity (Wildman–Crippen MR) is 88.9 cm³/mol. The molecule has 0 unspecified atom stereocenters. The number of benzene rings is 1. The topological polar surface area (TPSA) is 109 Å². The molecule has 0 aliphatic carbocycles. The van der Waals surface area contributed by atoms with E-state index in [0.29, 0.717) is 5.75 Å². The van der Waals surface area contributed by atoms with Crippen molar-refractivity contribution in [3.8, 4) is 5.75 Å². The molecule has 1 saturated heterocycles. The first-order valence-electron chi connectivity index (χ1n) is 8.12. The SMILES string of the molecule is CC(=O)C[C@H]1[C@H](Oc2cccc3ccncc23)O[C@H](CO)[C@H](O)[C@@H]1O. The summed E-state index contributed by atoms with van der Waals surface area (Å²) in [6.07, 6.45) is -1.19. The van der Waals surface area contributed by atoms with Crippen molar-refractivity contribution in [1.82, 2.24) is 4.98 Å². The summed E-state index contributed by atoms with van der Waals surface area (Å²) in [5, 5.41) is 31.5. The zero-order chi connectivity index (χ0) is 18.0. The van der Waals surface area contributed by atoms with E-state index in [0.717, 1.165) is 10.8 Å². The van der Waals surface area contributed by atoms with Crippen molar-refractivity contribution in [1.29, 1.82) is 0 Å². The van der Waals surface area contributed by atoms with E-state index in [1.54, 1.807) is 18.5 Å². The van der Waals surface area contributed by atoms with Gasteiger partial charge in [0.2, 0.25) is 6.29 Å². The standard InChI is InChI=1S/C18H21NO6/c1-10(21)7-12-16(22)17(23)15(9-20)25-18(12)24-14-4-2-3-11-5-6-19-8-13(11)14/h2-6,8,12,15-18,20,22-23H,7,9H2,1H3/t12-,15-,16-,17+,18-/m1/s1. The van der Waals surface area contributed by atoms with Crippen LogP contribution in [0, 0.1) is 5.92 Å². The second-order valence-electron chi connectivity index (χ2n) is 6.25. The highest BCUT2D eigenvalue weighted by molar-refractivity contribution is 5.87. The van der Waals surface area contributed by atoms with Crippen molar-refractivity contribution < 1.29 is 29.6 Å². The number of ether oxygens (including phenoxy) is 2. The van der Waals surface area contributed by atoms with Crippen LogP contribution in [-0.4, -0.2) is 57.3 Å². The first-order valence-corrected chi connectivity index (χ1v) is 8.12. The molecule has 25 heavy (non-hydrogen) atoms. The van der Waals surface area contributed by atoms with Gasteiger partial charge in [0.1, 0.15) is 23.7 Å². The normalized spacial score (nSPS) is 29.5. The fourth-order valence-corrected chi connectivity index (χ4v) is 3.12. The number of rotatable bonds is 5. The molecule has 0 saturated carbocycles. The number of hydrogen-bond donors (Lipinski definition) is 3. The van der Waals surface area contributed by atoms with Crippen LogP contribution in [0.3, 0.4) is 0 Å². The van der Waals surface area contributed by atoms with Crippen LogP contribution in [-0.2, 0) is 9.53 Å². The number of aliphatic hydroxyl groups is 3. The summed E-state index contributed by atoms with van der Waals surface area (Å²) in [4.78, 5) is 15.7. The Morgan fingerprint density at radius 3 is 2.80 bits per heavy atom. The maximum atomic E-state index is 11.6. The second-order valence-corrected chi connectivity index (χ2v) is 6.25. The summed E-state index contributed by atoms with van der Waals surface area (Å²) in [5.41, 5.74) is 0. The van der Waals surface area contributed by atoms with Crippen LogP contribution in [0.15, 0.2) is 36.7 Å². The maximum absolute atomic E-state index is 11.6. The summed E-state index contributed by atoms with van der Waals surface area (Å²) in [5.74, 6) is -0.415. The molecule has 1 aromatic carbocycles. The zero-order valence-corrected chi connectivity index (χ0v) is 13.8. The van der Waals surface area contributed by atoms with Gasteiger partial charge in [-0.15, -0.1) is 0 Å². The van der Waals surface area contributed by atoms with Gasteiger partial charge in [-0.25, -0.2) is 0 Å². The van der Waals surface area contributed by atoms with E-state index in [4.69, 9.17) is 9.47 Å². The number of hydrogen-bond acceptors (Lipinski definition) is 7. The molecule has 1 fully saturated rings. The van der Waals surface area contributed by atoms with Gasteiger partial charge in [0.25, 0.3) is 0 Å². The number of ketones is 1. The van der Waals surface area contributed by atoms with E-state index in [2.05, 4.69) is 4.98 Å². The molecule has 0 radical (unpaired) electrons. The number of Topliss-reactive ketones (excluding diaryl/α,β-unsaturated/α-hetero) is 1. The van der Waals surface area contributed by atoms with Crippen LogP contribution in [0.1, 0.15) is 13.3 Å². The van der Waals surface area contributed by atoms with Gasteiger partial charge < -0.3 is 29.6 Å². The summed E-state index contributed by atoms with van der Waals surface area (Å²) in [7, 11) is 0. The van der Waals surface area contributed by atoms with Gasteiger partial charge in [0.15, 0.2) is 0 Å². The van der Waals surface area contributed by atoms with E-state index in [-0.39, 0.29) is 12.2 Å². The summed E-state index contributed by atoms with van der Waals surface area (Å²) < 4.78 is 11.6. The van der Waals surface area contributed by atoms with E-state index >= 15 is 0 Å². The molecule has 1 aromatic heterocycles. The lowest BCUT2D eigenvalue weighted by molar-refractivity contribution is -0.260. The molecule has 2 heterocycles. The Labute approximate surface area is 144 Å². The lowest BCUT2D eigenvalue weighted by Gasteiger charge is -2.41. The van der Waals surface area contributed by atoms with Crippen LogP contribution in [0.4, 0.5) is 0 Å². The molecular weight excluding hydrogens is 326 g/mol. The molecule has 5 atom stereocenters. The van der Waals surface area contributed by atoms with E-state index in [9.17, 15) is 20.1 Å². The Morgan fingerprint density at radius 1 is 1.28 bits per heavy atom. The molecule has 0 bridgehead atoms. The largest absolute Gasteiger partial charge is 0.464 e. The van der Waals surface area contributed by atoms with Crippen LogP contribution < -0.4 is 4.74 Å². The average Bonchev–Trinajstić information content (AvgIpc) is 2.61. The first kappa shape index (κ1) is 17.8. The number of pyridine rings is 1. The summed E-state index contributed by atoms with van der Waals surface area (Å²) >= 11 is 0. The quantitative estimate of drug-likeness (QED) is 0.728. The number of carbonyl (C=O) groups excluding carboxylic acids is 1. The zero-order valence-electron chi connectivity index (χ0n) is 13.8. The molecular formula is C18H21NO6. The van der Waals surface area contributed by atoms with Crippen molar-refractivity contribution >= 4 is 16.6 Å². The molecule has 1 aliphatic heterocycles. The van der Waals surface area contributed by atoms with Crippen LogP contribution in [0.5, 0.6) is 5.75 Å². The van der Waals surface area contributed by atoms with Crippen molar-refractivity contribution in [3.05, 3.63) is 36.7 Å². The van der Waals surface area contributed by atoms with Crippen LogP contribution >= 0.6 is 0 Å². The van der Waals surface area contributed by atoms with Crippen molar-refractivity contribution in [2.24, 2.45) is 5.92 Å². The van der Waals surface area contributed by atoms with E-state index in [1.165, 1.54) is 6.92 Å². The Morgan fingerprint density at radius 2 is 2.08 bits per heavy atom. The van der Waals surface area contributed by atoms with Gasteiger partial charge in [0, 0.05) is 24.2 Å². The minimum Gasteiger partial charge on any atom is -0.464 e. The Bertz CT molecular complexity index is 746. The van der Waals surface area contributed by atoms with Gasteiger partial charge >= 0.3 is 0 Å². The van der Waals surface area contributed by atoms with Gasteiger partial charge in [-0.1, -0.05) is 12.1 Å². The third-order valence-corrected chi connectivity index (χ3v) is 4.42. The van der Waals surface area contributed by atoms with Gasteiger partial charge in [-0.2, -0.15) is 0 Å². The third-order valence-electron chi connectivity index (χ3n) is 4.42. The van der Waals surface area contributed by atoms with Crippen molar-refractivity contribution in [2.45, 2.75) is 37.9 Å². The monoisotopic (exact) mass is 347 g/mol. The molecule has 7 heteroatoms. The molecule has 7 nitrogen and oxygen atoms in total. The lowest BCUT2D eigenvalue weighted by Crippen LogP contribution is -2.57. The smallest absolute Gasteiger partial charge is 0.206 e. The summed E-state index contributed by atoms with van der Waals surface area (Å²) in [6.45, 7) is 0.929. The van der Waals surface area contributed by atoms with E-state index in [1.807, 2.05) is 18.2 Å². The number of carbonyl (C=O) groups is 1. The Hall–Kier alpha value is -2.06. The highest BCUT2D eigenvalue weighted by Crippen LogP contribution is 2.33. The van der Waals surface area contributed by atoms with E-state index < -0.39 is 37.1 Å². The average molecular weight is 347 g/mol. The van der Waals surface area contributed by atoms with Gasteiger partial charge in [-0.3, -0.25) is 4.98 Å². The number of aromatic nitrogens is 1. The van der Waals surface area contributed by atoms with Gasteiger partial charge in [-0.05, 0) is 24.4 Å². The number of nitrogens with zero attached hydrogens (tertiary/aromatic N) is 1. The minimum absolute atomic E-state index is 0.00986. The second kappa shape index (κ2) is 7.45. The molecule has 3 rings (SSSR count). The van der Waals surface area contributed by atoms with Crippen molar-refractivity contribution in [3.63, 3.8) is 0 Å². The Kier molecular flexibility index (Phi) is 5.29. The maximum Gasteiger partial charge on any atom is 0.206 e. The van der Waals surface area contributed by atoms with Crippen LogP contribution in [0.2, 0.25) is 0 Å². The number of fused-ring (bicyclic) bond motifs is 1. The Balaban J connectivity index is 1.92. The molecule has 134 valence electrons. The summed E-state index contributed by atoms with van der Waals surface area (Å²) in [6, 6.07) is 7.30. The first-order chi connectivity index (χ1) is 12.0. The minimum atomic E-state index is -1.29. The van der Waals surface area contributed by atoms with Crippen molar-refractivity contribution in [2.75, 3.05) is 6.61 Å². The fourth-order valence-electron chi connectivity index (χ4n) is 3.12. The lowest BCUT2D eigenvalue weighted by atomic mass is 9.87. The molecule has 3 N–H and O–H groups in total. The molecule has 2 aromatic rings. The third kappa shape index (κ3) is 3.64. The highest BCUT2D eigenvalue weighted by Gasteiger charge is 2.45. The fraction of sp³-hybridized carbons (Fsp3) is 0.444. The molecule has 0 spiro atoms. The highest BCUT2D eigenvalue weighted by atomic mass is 16.7. The van der Waals surface area contributed by atoms with Gasteiger partial charge in [0.05, 0.1) is 18.6 Å². The predicted octanol–water partition coefficient (Wildman–Crippen LogP) is 0.648.